The van der Waals surface area contributed by atoms with Gasteiger partial charge < -0.3 is 28.2 Å². The van der Waals surface area contributed by atoms with Gasteiger partial charge in [-0.1, -0.05) is 41.5 Å². The Morgan fingerprint density at radius 2 is 1.21 bits per heavy atom. The molecule has 2 fully saturated rings. The molecule has 0 spiro atoms. The highest BCUT2D eigenvalue weighted by Gasteiger charge is 2.59. The molecular weight excluding hydrogens is 392 g/mol. The highest BCUT2D eigenvalue weighted by atomic mass is 28.4. The van der Waals surface area contributed by atoms with E-state index in [0.717, 1.165) is 0 Å². The van der Waals surface area contributed by atoms with Crippen molar-refractivity contribution in [1.29, 1.82) is 0 Å². The van der Waals surface area contributed by atoms with Gasteiger partial charge in [0.05, 0.1) is 13.2 Å². The van der Waals surface area contributed by atoms with Crippen LogP contribution in [0.5, 0.6) is 0 Å². The lowest BCUT2D eigenvalue weighted by Crippen LogP contribution is -2.57. The molecule has 0 radical (unpaired) electrons. The minimum absolute atomic E-state index is 0.0105. The van der Waals surface area contributed by atoms with Crippen molar-refractivity contribution in [3.63, 3.8) is 0 Å². The Balaban J connectivity index is 2.38. The van der Waals surface area contributed by atoms with E-state index in [1.165, 1.54) is 0 Å². The molecule has 0 aromatic rings. The minimum atomic E-state index is -2.16. The second kappa shape index (κ2) is 7.71. The largest absolute Gasteiger partial charge is 0.408 e. The molecule has 4 atom stereocenters. The smallest absolute Gasteiger partial charge is 0.194 e. The van der Waals surface area contributed by atoms with Crippen molar-refractivity contribution in [2.45, 2.75) is 115 Å². The van der Waals surface area contributed by atoms with E-state index in [2.05, 4.69) is 67.7 Å². The zero-order chi connectivity index (χ0) is 21.8. The topological polar surface area (TPSA) is 66.4 Å². The van der Waals surface area contributed by atoms with Crippen molar-refractivity contribution in [2.24, 2.45) is 0 Å². The fourth-order valence-corrected chi connectivity index (χ4v) is 5.62. The summed E-state index contributed by atoms with van der Waals surface area (Å²) in [4.78, 5) is 0. The molecule has 1 N–H and O–H groups in total. The molecule has 8 heteroatoms. The number of rotatable bonds is 5. The summed E-state index contributed by atoms with van der Waals surface area (Å²) in [7, 11) is -4.31. The Morgan fingerprint density at radius 1 is 0.821 bits per heavy atom. The van der Waals surface area contributed by atoms with E-state index in [1.807, 2.05) is 6.92 Å². The van der Waals surface area contributed by atoms with Crippen molar-refractivity contribution >= 4 is 16.6 Å². The van der Waals surface area contributed by atoms with Crippen LogP contribution in [-0.4, -0.2) is 65.3 Å². The van der Waals surface area contributed by atoms with Crippen LogP contribution in [0.15, 0.2) is 0 Å². The number of hydrogen-bond acceptors (Lipinski definition) is 6. The van der Waals surface area contributed by atoms with Gasteiger partial charge in [-0.15, -0.1) is 0 Å². The third kappa shape index (κ3) is 4.74. The SMILES string of the molecule is CC1([C@@H]2OC(O)[C@@H](O[Si](C)(C)C(C)(C)C)[C@@H]2O[Si](C)(C)C(C)(C)C)OCCO1. The van der Waals surface area contributed by atoms with E-state index in [-0.39, 0.29) is 10.1 Å². The van der Waals surface area contributed by atoms with Crippen molar-refractivity contribution < 1.29 is 28.2 Å². The zero-order valence-electron chi connectivity index (χ0n) is 19.7. The molecule has 2 heterocycles. The molecule has 2 saturated heterocycles. The van der Waals surface area contributed by atoms with Crippen molar-refractivity contribution in [2.75, 3.05) is 13.2 Å². The van der Waals surface area contributed by atoms with Crippen LogP contribution in [0.2, 0.25) is 36.3 Å². The molecule has 1 unspecified atom stereocenters. The van der Waals surface area contributed by atoms with E-state index >= 15 is 0 Å². The first-order valence-corrected chi connectivity index (χ1v) is 16.2. The summed E-state index contributed by atoms with van der Waals surface area (Å²) < 4.78 is 31.2. The lowest BCUT2D eigenvalue weighted by Gasteiger charge is -2.44. The molecule has 0 aromatic carbocycles. The third-order valence-electron chi connectivity index (χ3n) is 7.04. The molecule has 0 saturated carbocycles. The van der Waals surface area contributed by atoms with E-state index in [9.17, 15) is 5.11 Å². The van der Waals surface area contributed by atoms with E-state index in [4.69, 9.17) is 23.1 Å². The van der Waals surface area contributed by atoms with Crippen LogP contribution in [0.1, 0.15) is 48.5 Å². The number of aliphatic hydroxyl groups is 1. The molecule has 0 bridgehead atoms. The van der Waals surface area contributed by atoms with Gasteiger partial charge in [0.1, 0.15) is 18.3 Å². The normalized spacial score (nSPS) is 32.1. The van der Waals surface area contributed by atoms with Crippen LogP contribution < -0.4 is 0 Å². The maximum Gasteiger partial charge on any atom is 0.194 e. The average molecular weight is 435 g/mol. The van der Waals surface area contributed by atoms with Gasteiger partial charge in [0.15, 0.2) is 28.7 Å². The van der Waals surface area contributed by atoms with E-state index in [1.54, 1.807) is 0 Å². The first-order valence-electron chi connectivity index (χ1n) is 10.4. The van der Waals surface area contributed by atoms with Gasteiger partial charge in [-0.3, -0.25) is 0 Å². The molecule has 6 nitrogen and oxygen atoms in total. The lowest BCUT2D eigenvalue weighted by molar-refractivity contribution is -0.247. The summed E-state index contributed by atoms with van der Waals surface area (Å²) in [5.41, 5.74) is 0. The van der Waals surface area contributed by atoms with Gasteiger partial charge in [0.25, 0.3) is 0 Å². The summed E-state index contributed by atoms with van der Waals surface area (Å²) in [6.07, 6.45) is -2.63. The Hall–Kier alpha value is 0.194. The highest BCUT2D eigenvalue weighted by Crippen LogP contribution is 2.45. The molecule has 0 aliphatic carbocycles. The number of hydrogen-bond donors (Lipinski definition) is 1. The first-order chi connectivity index (χ1) is 12.4. The fraction of sp³-hybridized carbons (Fsp3) is 1.00. The quantitative estimate of drug-likeness (QED) is 0.653. The molecular formula is C20H42O6Si2. The van der Waals surface area contributed by atoms with Gasteiger partial charge >= 0.3 is 0 Å². The van der Waals surface area contributed by atoms with Crippen LogP contribution in [0, 0.1) is 0 Å². The Labute approximate surface area is 173 Å². The fourth-order valence-electron chi connectivity index (χ4n) is 3.04. The van der Waals surface area contributed by atoms with Gasteiger partial charge in [0.2, 0.25) is 0 Å². The highest BCUT2D eigenvalue weighted by molar-refractivity contribution is 6.74. The predicted molar refractivity (Wildman–Crippen MR) is 115 cm³/mol. The van der Waals surface area contributed by atoms with Gasteiger partial charge in [-0.2, -0.15) is 0 Å². The second-order valence-electron chi connectivity index (χ2n) is 11.3. The Bertz CT molecular complexity index is 546. The summed E-state index contributed by atoms with van der Waals surface area (Å²) in [6.45, 7) is 24.8. The molecule has 2 aliphatic rings. The molecule has 0 aromatic heterocycles. The summed E-state index contributed by atoms with van der Waals surface area (Å²) >= 11 is 0. The van der Waals surface area contributed by atoms with E-state index in [0.29, 0.717) is 13.2 Å². The van der Waals surface area contributed by atoms with E-state index < -0.39 is 47.0 Å². The van der Waals surface area contributed by atoms with Crippen LogP contribution in [-0.2, 0) is 23.1 Å². The molecule has 0 amide bonds. The molecule has 166 valence electrons. The van der Waals surface area contributed by atoms with Gasteiger partial charge in [-0.25, -0.2) is 0 Å². The standard InChI is InChI=1S/C20H42O6Si2/c1-18(2,3)27(8,9)25-14-15(26-28(10,11)19(4,5)6)17(21)24-16(14)20(7)22-12-13-23-20/h14-17,21H,12-13H2,1-11H3/t14-,15-,16+,17?/m0/s1. The van der Waals surface area contributed by atoms with Crippen molar-refractivity contribution in [1.82, 2.24) is 0 Å². The Morgan fingerprint density at radius 3 is 1.61 bits per heavy atom. The second-order valence-corrected chi connectivity index (χ2v) is 20.9. The maximum absolute atomic E-state index is 10.8. The average Bonchev–Trinajstić information content (AvgIpc) is 3.04. The van der Waals surface area contributed by atoms with Crippen LogP contribution in [0.25, 0.3) is 0 Å². The summed E-state index contributed by atoms with van der Waals surface area (Å²) in [5.74, 6) is -0.945. The molecule has 2 rings (SSSR count). The van der Waals surface area contributed by atoms with Crippen molar-refractivity contribution in [3.05, 3.63) is 0 Å². The number of ether oxygens (including phenoxy) is 3. The Kier molecular flexibility index (Phi) is 6.74. The third-order valence-corrected chi connectivity index (χ3v) is 16.0. The molecule has 28 heavy (non-hydrogen) atoms. The van der Waals surface area contributed by atoms with Crippen LogP contribution in [0.3, 0.4) is 0 Å². The zero-order valence-corrected chi connectivity index (χ0v) is 21.7. The van der Waals surface area contributed by atoms with Crippen LogP contribution >= 0.6 is 0 Å². The monoisotopic (exact) mass is 434 g/mol. The van der Waals surface area contributed by atoms with Crippen molar-refractivity contribution in [3.8, 4) is 0 Å². The maximum atomic E-state index is 10.8. The summed E-state index contributed by atoms with van der Waals surface area (Å²) in [5, 5.41) is 10.9. The predicted octanol–water partition coefficient (Wildman–Crippen LogP) is 4.25. The van der Waals surface area contributed by atoms with Gasteiger partial charge in [0, 0.05) is 0 Å². The lowest BCUT2D eigenvalue weighted by atomic mass is 10.0. The first kappa shape index (κ1) is 24.5. The summed E-state index contributed by atoms with van der Waals surface area (Å²) in [6, 6.07) is 0. The number of aliphatic hydroxyl groups excluding tert-OH is 1. The molecule has 2 aliphatic heterocycles. The van der Waals surface area contributed by atoms with Gasteiger partial charge in [-0.05, 0) is 43.2 Å². The minimum Gasteiger partial charge on any atom is -0.408 e. The van der Waals surface area contributed by atoms with Crippen LogP contribution in [0.4, 0.5) is 0 Å².